The molecule has 0 aromatic carbocycles. The Morgan fingerprint density at radius 2 is 1.80 bits per heavy atom. The molecule has 1 unspecified atom stereocenters. The lowest BCUT2D eigenvalue weighted by Crippen LogP contribution is -2.35. The second kappa shape index (κ2) is 5.48. The van der Waals surface area contributed by atoms with E-state index in [0.29, 0.717) is 0 Å². The van der Waals surface area contributed by atoms with Crippen molar-refractivity contribution >= 4 is 19.4 Å². The number of ketones is 2. The van der Waals surface area contributed by atoms with Crippen molar-refractivity contribution in [1.82, 2.24) is 0 Å². The van der Waals surface area contributed by atoms with Gasteiger partial charge in [0.05, 0.1) is 14.4 Å². The van der Waals surface area contributed by atoms with E-state index < -0.39 is 38.0 Å². The third kappa shape index (κ3) is 5.76. The summed E-state index contributed by atoms with van der Waals surface area (Å²) in [5.41, 5.74) is 0. The van der Waals surface area contributed by atoms with Crippen LogP contribution in [0.3, 0.4) is 0 Å². The second-order valence-corrected chi connectivity index (χ2v) is 4.29. The normalized spacial score (nSPS) is 14.0. The predicted octanol–water partition coefficient (Wildman–Crippen LogP) is -2.01. The van der Waals surface area contributed by atoms with Crippen molar-refractivity contribution in [3.8, 4) is 0 Å². The molecule has 0 rings (SSSR count). The van der Waals surface area contributed by atoms with Gasteiger partial charge in [-0.3, -0.25) is 9.59 Å². The molecule has 15 heavy (non-hydrogen) atoms. The molecule has 1 N–H and O–H groups in total. The summed E-state index contributed by atoms with van der Waals surface area (Å²) in [6.07, 6.45) is -1.92. The summed E-state index contributed by atoms with van der Waals surface area (Å²) in [6.45, 7) is 1.86. The van der Waals surface area contributed by atoms with Crippen LogP contribution in [-0.4, -0.2) is 29.4 Å². The molecule has 0 aliphatic carbocycles. The Morgan fingerprint density at radius 1 is 1.33 bits per heavy atom. The summed E-state index contributed by atoms with van der Waals surface area (Å²) in [7, 11) is -5.24. The first kappa shape index (κ1) is 14.4. The van der Waals surface area contributed by atoms with Gasteiger partial charge in [-0.15, -0.1) is 0 Å². The maximum atomic E-state index is 11.0. The molecule has 0 bridgehead atoms. The number of carbonyl (C=O) groups excluding carboxylic acids is 2. The number of aliphatic hydroxyl groups is 1. The smallest absolute Gasteiger partial charge is 0.229 e. The van der Waals surface area contributed by atoms with Crippen molar-refractivity contribution in [1.29, 1.82) is 0 Å². The van der Waals surface area contributed by atoms with E-state index in [9.17, 15) is 23.9 Å². The fraction of sp³-hybridized carbons (Fsp3) is 0.714. The molecule has 0 heterocycles. The molecule has 1 atom stereocenters. The van der Waals surface area contributed by atoms with Crippen LogP contribution in [0.4, 0.5) is 0 Å². The monoisotopic (exact) mass is 238 g/mol. The molecule has 0 saturated carbocycles. The molecule has 0 amide bonds. The maximum Gasteiger partial charge on any atom is 0.229 e. The van der Waals surface area contributed by atoms with Gasteiger partial charge < -0.3 is 24.0 Å². The lowest BCUT2D eigenvalue weighted by molar-refractivity contribution is -0.342. The number of phosphoric ester groups is 1. The summed E-state index contributed by atoms with van der Waals surface area (Å²) in [5, 5.41) is 9.01. The fourth-order valence-corrected chi connectivity index (χ4v) is 1.01. The topological polar surface area (TPSA) is 127 Å². The van der Waals surface area contributed by atoms with Crippen LogP contribution in [0.5, 0.6) is 0 Å². The second-order valence-electron chi connectivity index (χ2n) is 3.14. The van der Waals surface area contributed by atoms with Gasteiger partial charge in [0.25, 0.3) is 0 Å². The van der Waals surface area contributed by atoms with Gasteiger partial charge >= 0.3 is 0 Å². The summed E-state index contributed by atoms with van der Waals surface area (Å²) in [4.78, 5) is 42.1. The largest absolute Gasteiger partial charge is 0.790 e. The molecule has 0 aliphatic heterocycles. The van der Waals surface area contributed by atoms with Crippen molar-refractivity contribution in [2.24, 2.45) is 5.92 Å². The van der Waals surface area contributed by atoms with Crippen molar-refractivity contribution in [2.45, 2.75) is 20.0 Å². The highest BCUT2D eigenvalue weighted by molar-refractivity contribution is 7.43. The zero-order chi connectivity index (χ0) is 12.2. The van der Waals surface area contributed by atoms with E-state index in [-0.39, 0.29) is 0 Å². The number of carbonyl (C=O) groups is 2. The van der Waals surface area contributed by atoms with Crippen LogP contribution in [0, 0.1) is 5.92 Å². The molecular weight excluding hydrogens is 227 g/mol. The summed E-state index contributed by atoms with van der Waals surface area (Å²) < 4.78 is 13.7. The number of phosphoric acid groups is 1. The minimum atomic E-state index is -5.24. The zero-order valence-corrected chi connectivity index (χ0v) is 9.10. The Hall–Kier alpha value is -0.590. The van der Waals surface area contributed by atoms with Crippen molar-refractivity contribution in [3.05, 3.63) is 0 Å². The van der Waals surface area contributed by atoms with Gasteiger partial charge in [0, 0.05) is 5.92 Å². The minimum Gasteiger partial charge on any atom is -0.790 e. The third-order valence-electron chi connectivity index (χ3n) is 1.46. The van der Waals surface area contributed by atoms with Gasteiger partial charge in [-0.2, -0.15) is 0 Å². The van der Waals surface area contributed by atoms with Crippen molar-refractivity contribution in [2.75, 3.05) is 6.61 Å². The molecule has 0 saturated heterocycles. The highest BCUT2D eigenvalue weighted by atomic mass is 31.2. The standard InChI is InChI=1S/C7H13O7P/c1-4(2)6(9)7(10)5(8)3-14-15(11,12)13/h4-5,8H,3H2,1-2H3,(H2,11,12,13)/p-2. The quantitative estimate of drug-likeness (QED) is 0.418. The molecule has 0 aromatic heterocycles. The number of aliphatic hydroxyl groups excluding tert-OH is 1. The summed E-state index contributed by atoms with van der Waals surface area (Å²) >= 11 is 0. The van der Waals surface area contributed by atoms with Crippen LogP contribution in [-0.2, 0) is 18.7 Å². The van der Waals surface area contributed by atoms with Crippen LogP contribution >= 0.6 is 7.82 Å². The van der Waals surface area contributed by atoms with E-state index in [0.717, 1.165) is 0 Å². The van der Waals surface area contributed by atoms with Gasteiger partial charge in [-0.25, -0.2) is 0 Å². The van der Waals surface area contributed by atoms with Crippen molar-refractivity contribution < 1.29 is 33.6 Å². The molecule has 0 aromatic rings. The predicted molar refractivity (Wildman–Crippen MR) is 44.4 cm³/mol. The van der Waals surface area contributed by atoms with Crippen LogP contribution in [0.15, 0.2) is 0 Å². The van der Waals surface area contributed by atoms with Gasteiger partial charge in [-0.1, -0.05) is 13.8 Å². The summed E-state index contributed by atoms with van der Waals surface area (Å²) in [5.74, 6) is -2.63. The molecule has 0 spiro atoms. The molecule has 7 nitrogen and oxygen atoms in total. The Bertz CT molecular complexity index is 292. The Kier molecular flexibility index (Phi) is 5.27. The lowest BCUT2D eigenvalue weighted by Gasteiger charge is -2.29. The van der Waals surface area contributed by atoms with E-state index in [1.54, 1.807) is 0 Å². The highest BCUT2D eigenvalue weighted by Crippen LogP contribution is 2.24. The average Bonchev–Trinajstić information content (AvgIpc) is 2.10. The minimum absolute atomic E-state index is 0.613. The van der Waals surface area contributed by atoms with E-state index in [2.05, 4.69) is 4.52 Å². The van der Waals surface area contributed by atoms with Crippen LogP contribution in [0.25, 0.3) is 0 Å². The molecule has 88 valence electrons. The fourth-order valence-electron chi connectivity index (χ4n) is 0.686. The molecule has 0 radical (unpaired) electrons. The highest BCUT2D eigenvalue weighted by Gasteiger charge is 2.25. The average molecular weight is 238 g/mol. The first-order valence-corrected chi connectivity index (χ1v) is 5.54. The summed E-state index contributed by atoms with van der Waals surface area (Å²) in [6, 6.07) is 0. The van der Waals surface area contributed by atoms with Gasteiger partial charge in [-0.05, 0) is 0 Å². The molecular formula is C7H11O7P-2. The Morgan fingerprint density at radius 3 is 2.13 bits per heavy atom. The van der Waals surface area contributed by atoms with Gasteiger partial charge in [0.2, 0.25) is 11.6 Å². The van der Waals surface area contributed by atoms with E-state index in [1.165, 1.54) is 13.8 Å². The lowest BCUT2D eigenvalue weighted by atomic mass is 10.0. The number of hydrogen-bond acceptors (Lipinski definition) is 7. The van der Waals surface area contributed by atoms with E-state index in [1.807, 2.05) is 0 Å². The maximum absolute atomic E-state index is 11.0. The third-order valence-corrected chi connectivity index (χ3v) is 1.93. The number of hydrogen-bond donors (Lipinski definition) is 1. The van der Waals surface area contributed by atoms with E-state index in [4.69, 9.17) is 5.11 Å². The van der Waals surface area contributed by atoms with Gasteiger partial charge in [0.15, 0.2) is 0 Å². The molecule has 0 aliphatic rings. The van der Waals surface area contributed by atoms with Crippen LogP contribution in [0.2, 0.25) is 0 Å². The Labute approximate surface area is 86.3 Å². The van der Waals surface area contributed by atoms with E-state index >= 15 is 0 Å². The van der Waals surface area contributed by atoms with Gasteiger partial charge in [0.1, 0.15) is 6.10 Å². The first-order chi connectivity index (χ1) is 6.65. The zero-order valence-electron chi connectivity index (χ0n) is 8.21. The SMILES string of the molecule is CC(C)C(=O)C(=O)C(O)COP(=O)([O-])[O-]. The number of rotatable bonds is 6. The van der Waals surface area contributed by atoms with Crippen LogP contribution < -0.4 is 9.79 Å². The van der Waals surface area contributed by atoms with Crippen LogP contribution in [0.1, 0.15) is 13.8 Å². The van der Waals surface area contributed by atoms with Crippen molar-refractivity contribution in [3.63, 3.8) is 0 Å². The molecule has 8 heteroatoms. The molecule has 0 fully saturated rings. The first-order valence-electron chi connectivity index (χ1n) is 4.08. The number of Topliss-reactive ketones (excluding diaryl/α,β-unsaturated/α-hetero) is 2. The Balaban J connectivity index is 4.23.